The Balaban J connectivity index is 1.74. The highest BCUT2D eigenvalue weighted by Crippen LogP contribution is 2.44. The lowest BCUT2D eigenvalue weighted by molar-refractivity contribution is 0.414. The molecule has 0 heterocycles. The van der Waals surface area contributed by atoms with Gasteiger partial charge in [0, 0.05) is 19.6 Å². The summed E-state index contributed by atoms with van der Waals surface area (Å²) >= 11 is 0. The fraction of sp³-hybridized carbons (Fsp3) is 0.571. The molecule has 0 saturated heterocycles. The number of hydrogen-bond acceptors (Lipinski definition) is 3. The fourth-order valence-electron chi connectivity index (χ4n) is 2.18. The Kier molecular flexibility index (Phi) is 4.02. The minimum atomic E-state index is 0.529. The minimum Gasteiger partial charge on any atom is -0.497 e. The van der Waals surface area contributed by atoms with Gasteiger partial charge in [0.15, 0.2) is 0 Å². The van der Waals surface area contributed by atoms with E-state index in [2.05, 4.69) is 22.8 Å². The third-order valence-corrected chi connectivity index (χ3v) is 3.50. The molecule has 1 fully saturated rings. The van der Waals surface area contributed by atoms with E-state index in [-0.39, 0.29) is 0 Å². The van der Waals surface area contributed by atoms with Crippen LogP contribution in [0, 0.1) is 5.41 Å². The Morgan fingerprint density at radius 1 is 1.18 bits per heavy atom. The summed E-state index contributed by atoms with van der Waals surface area (Å²) in [4.78, 5) is 0. The van der Waals surface area contributed by atoms with Gasteiger partial charge in [0.1, 0.15) is 5.75 Å². The number of methoxy groups -OCH3 is 1. The molecule has 0 unspecified atom stereocenters. The molecule has 3 nitrogen and oxygen atoms in total. The van der Waals surface area contributed by atoms with Gasteiger partial charge >= 0.3 is 0 Å². The Bertz CT molecular complexity index is 344. The van der Waals surface area contributed by atoms with Crippen molar-refractivity contribution in [2.45, 2.75) is 19.4 Å². The van der Waals surface area contributed by atoms with E-state index in [4.69, 9.17) is 4.74 Å². The second-order valence-electron chi connectivity index (χ2n) is 4.98. The standard InChI is InChI=1S/C14H22N2O/c1-15-10-14(7-8-14)11-16-9-12-3-5-13(17-2)6-4-12/h3-6,15-16H,7-11H2,1-2H3. The molecule has 1 aromatic carbocycles. The van der Waals surface area contributed by atoms with E-state index in [1.54, 1.807) is 7.11 Å². The summed E-state index contributed by atoms with van der Waals surface area (Å²) in [7, 11) is 3.73. The topological polar surface area (TPSA) is 33.3 Å². The van der Waals surface area contributed by atoms with Crippen molar-refractivity contribution in [2.24, 2.45) is 5.41 Å². The van der Waals surface area contributed by atoms with Crippen LogP contribution in [0.2, 0.25) is 0 Å². The van der Waals surface area contributed by atoms with E-state index in [1.165, 1.54) is 18.4 Å². The fourth-order valence-corrected chi connectivity index (χ4v) is 2.18. The first-order chi connectivity index (χ1) is 8.28. The summed E-state index contributed by atoms with van der Waals surface area (Å²) in [5.74, 6) is 0.919. The van der Waals surface area contributed by atoms with Gasteiger partial charge in [-0.2, -0.15) is 0 Å². The van der Waals surface area contributed by atoms with Gasteiger partial charge in [-0.05, 0) is 43.0 Å². The molecule has 2 N–H and O–H groups in total. The molecule has 0 aromatic heterocycles. The predicted molar refractivity (Wildman–Crippen MR) is 70.3 cm³/mol. The molecule has 0 amide bonds. The zero-order chi connectivity index (χ0) is 12.1. The van der Waals surface area contributed by atoms with Crippen molar-refractivity contribution in [3.8, 4) is 5.75 Å². The van der Waals surface area contributed by atoms with E-state index in [0.29, 0.717) is 5.41 Å². The largest absolute Gasteiger partial charge is 0.497 e. The molecule has 0 bridgehead atoms. The van der Waals surface area contributed by atoms with E-state index < -0.39 is 0 Å². The van der Waals surface area contributed by atoms with Gasteiger partial charge in [0.25, 0.3) is 0 Å². The molecule has 2 rings (SSSR count). The lowest BCUT2D eigenvalue weighted by Crippen LogP contribution is -2.30. The molecule has 17 heavy (non-hydrogen) atoms. The third-order valence-electron chi connectivity index (χ3n) is 3.50. The summed E-state index contributed by atoms with van der Waals surface area (Å²) in [5.41, 5.74) is 1.84. The van der Waals surface area contributed by atoms with Crippen LogP contribution in [0.15, 0.2) is 24.3 Å². The maximum Gasteiger partial charge on any atom is 0.118 e. The molecule has 94 valence electrons. The maximum absolute atomic E-state index is 5.14. The minimum absolute atomic E-state index is 0.529. The summed E-state index contributed by atoms with van der Waals surface area (Å²) in [6.45, 7) is 3.18. The number of nitrogens with one attached hydrogen (secondary N) is 2. The first-order valence-corrected chi connectivity index (χ1v) is 6.26. The predicted octanol–water partition coefficient (Wildman–Crippen LogP) is 1.78. The van der Waals surface area contributed by atoms with Crippen molar-refractivity contribution in [1.82, 2.24) is 10.6 Å². The monoisotopic (exact) mass is 234 g/mol. The normalized spacial score (nSPS) is 16.8. The number of benzene rings is 1. The molecule has 0 atom stereocenters. The molecular weight excluding hydrogens is 212 g/mol. The lowest BCUT2D eigenvalue weighted by Gasteiger charge is -2.15. The molecule has 0 radical (unpaired) electrons. The second-order valence-corrected chi connectivity index (χ2v) is 4.98. The number of rotatable bonds is 7. The highest BCUT2D eigenvalue weighted by atomic mass is 16.5. The van der Waals surface area contributed by atoms with Crippen molar-refractivity contribution >= 4 is 0 Å². The highest BCUT2D eigenvalue weighted by molar-refractivity contribution is 5.27. The first-order valence-electron chi connectivity index (χ1n) is 6.26. The molecule has 0 spiro atoms. The van der Waals surface area contributed by atoms with Crippen LogP contribution in [-0.4, -0.2) is 27.2 Å². The van der Waals surface area contributed by atoms with Crippen molar-refractivity contribution in [3.05, 3.63) is 29.8 Å². The van der Waals surface area contributed by atoms with Crippen LogP contribution >= 0.6 is 0 Å². The maximum atomic E-state index is 5.14. The first kappa shape index (κ1) is 12.4. The van der Waals surface area contributed by atoms with Crippen LogP contribution in [0.4, 0.5) is 0 Å². The zero-order valence-corrected chi connectivity index (χ0v) is 10.8. The smallest absolute Gasteiger partial charge is 0.118 e. The van der Waals surface area contributed by atoms with Crippen LogP contribution < -0.4 is 15.4 Å². The van der Waals surface area contributed by atoms with Crippen molar-refractivity contribution < 1.29 is 4.74 Å². The van der Waals surface area contributed by atoms with Crippen LogP contribution in [0.5, 0.6) is 5.75 Å². The van der Waals surface area contributed by atoms with Crippen LogP contribution in [0.25, 0.3) is 0 Å². The van der Waals surface area contributed by atoms with E-state index in [9.17, 15) is 0 Å². The van der Waals surface area contributed by atoms with Gasteiger partial charge in [-0.25, -0.2) is 0 Å². The summed E-state index contributed by atoms with van der Waals surface area (Å²) in [5, 5.41) is 6.82. The van der Waals surface area contributed by atoms with Crippen LogP contribution in [-0.2, 0) is 6.54 Å². The quantitative estimate of drug-likeness (QED) is 0.754. The number of ether oxygens (including phenoxy) is 1. The van der Waals surface area contributed by atoms with Crippen molar-refractivity contribution in [3.63, 3.8) is 0 Å². The van der Waals surface area contributed by atoms with Crippen LogP contribution in [0.1, 0.15) is 18.4 Å². The SMILES string of the molecule is CNCC1(CNCc2ccc(OC)cc2)CC1. The van der Waals surface area contributed by atoms with E-state index in [1.807, 2.05) is 19.2 Å². The van der Waals surface area contributed by atoms with Crippen molar-refractivity contribution in [1.29, 1.82) is 0 Å². The van der Waals surface area contributed by atoms with Gasteiger partial charge in [-0.3, -0.25) is 0 Å². The summed E-state index contributed by atoms with van der Waals surface area (Å²) in [6.07, 6.45) is 2.70. The van der Waals surface area contributed by atoms with E-state index in [0.717, 1.165) is 25.4 Å². The van der Waals surface area contributed by atoms with Crippen molar-refractivity contribution in [2.75, 3.05) is 27.2 Å². The van der Waals surface area contributed by atoms with Crippen LogP contribution in [0.3, 0.4) is 0 Å². The Morgan fingerprint density at radius 2 is 1.88 bits per heavy atom. The molecule has 1 aliphatic carbocycles. The molecule has 1 aromatic rings. The number of hydrogen-bond donors (Lipinski definition) is 2. The molecule has 1 aliphatic rings. The molecule has 0 aliphatic heterocycles. The average Bonchev–Trinajstić information content (AvgIpc) is 3.11. The zero-order valence-electron chi connectivity index (χ0n) is 10.8. The third kappa shape index (κ3) is 3.45. The van der Waals surface area contributed by atoms with Gasteiger partial charge in [0.05, 0.1) is 7.11 Å². The van der Waals surface area contributed by atoms with Gasteiger partial charge < -0.3 is 15.4 Å². The lowest BCUT2D eigenvalue weighted by atomic mass is 10.1. The van der Waals surface area contributed by atoms with E-state index >= 15 is 0 Å². The second kappa shape index (κ2) is 5.52. The molecular formula is C14H22N2O. The average molecular weight is 234 g/mol. The van der Waals surface area contributed by atoms with Gasteiger partial charge in [-0.1, -0.05) is 12.1 Å². The highest BCUT2D eigenvalue weighted by Gasteiger charge is 2.41. The van der Waals surface area contributed by atoms with Gasteiger partial charge in [0.2, 0.25) is 0 Å². The Hall–Kier alpha value is -1.06. The Labute approximate surface area is 104 Å². The van der Waals surface area contributed by atoms with Gasteiger partial charge in [-0.15, -0.1) is 0 Å². The molecule has 1 saturated carbocycles. The summed E-state index contributed by atoms with van der Waals surface area (Å²) < 4.78 is 5.14. The Morgan fingerprint density at radius 3 is 2.41 bits per heavy atom. The summed E-state index contributed by atoms with van der Waals surface area (Å²) in [6, 6.07) is 8.25. The molecule has 3 heteroatoms.